The fourth-order valence-corrected chi connectivity index (χ4v) is 12.2. The summed E-state index contributed by atoms with van der Waals surface area (Å²) in [6.45, 7) is 15.9. The fraction of sp³-hybridized carbons (Fsp3) is 0.946. The van der Waals surface area contributed by atoms with Crippen LogP contribution in [0.25, 0.3) is 0 Å². The molecule has 3 heterocycles. The summed E-state index contributed by atoms with van der Waals surface area (Å²) >= 11 is 0. The molecule has 0 unspecified atom stereocenters. The van der Waals surface area contributed by atoms with E-state index in [4.69, 9.17) is 14.2 Å². The lowest BCUT2D eigenvalue weighted by molar-refractivity contribution is -0.273. The Kier molecular flexibility index (Phi) is 9.10. The standard InChI is InChI=1S/C37H61N3O5/c1-24-8-13-37(44-23-24)25(2)34-31(45-37)21-30-28-7-6-26-20-27(9-11-35(26,3)29(28)10-12-36(30,34)4)39-33(42)22-32(41)38-14-5-15-40-16-18-43-19-17-40/h24-31,34H,5-23H2,1-4H3,(H,38,41)(H,39,42)/t24-,25-,26+,27+,28+,29-,30-,31-,34-,35-,36-,37+/m0/s1. The lowest BCUT2D eigenvalue weighted by Crippen LogP contribution is -2.56. The van der Waals surface area contributed by atoms with Gasteiger partial charge in [0.2, 0.25) is 11.8 Å². The number of ether oxygens (including phenoxy) is 3. The predicted molar refractivity (Wildman–Crippen MR) is 173 cm³/mol. The zero-order valence-electron chi connectivity index (χ0n) is 28.6. The number of morpholine rings is 1. The summed E-state index contributed by atoms with van der Waals surface area (Å²) < 4.78 is 18.9. The Hall–Kier alpha value is -1.22. The first-order valence-electron chi connectivity index (χ1n) is 18.8. The Morgan fingerprint density at radius 3 is 2.47 bits per heavy atom. The lowest BCUT2D eigenvalue weighted by Gasteiger charge is -2.61. The quantitative estimate of drug-likeness (QED) is 0.300. The predicted octanol–water partition coefficient (Wildman–Crippen LogP) is 5.15. The highest BCUT2D eigenvalue weighted by atomic mass is 16.7. The van der Waals surface area contributed by atoms with Gasteiger partial charge in [-0.25, -0.2) is 0 Å². The average Bonchev–Trinajstić information content (AvgIpc) is 3.47. The van der Waals surface area contributed by atoms with Crippen molar-refractivity contribution in [3.63, 3.8) is 0 Å². The third-order valence-corrected chi connectivity index (χ3v) is 14.7. The highest BCUT2D eigenvalue weighted by Crippen LogP contribution is 2.71. The molecule has 0 aromatic heterocycles. The number of nitrogens with one attached hydrogen (secondary N) is 2. The molecule has 2 amide bonds. The van der Waals surface area contributed by atoms with Gasteiger partial charge in [0.15, 0.2) is 5.79 Å². The van der Waals surface area contributed by atoms with Gasteiger partial charge >= 0.3 is 0 Å². The molecule has 1 spiro atoms. The average molecular weight is 628 g/mol. The number of carbonyl (C=O) groups is 2. The van der Waals surface area contributed by atoms with Crippen molar-refractivity contribution >= 4 is 11.8 Å². The van der Waals surface area contributed by atoms with Crippen molar-refractivity contribution in [2.24, 2.45) is 52.3 Å². The van der Waals surface area contributed by atoms with Crippen LogP contribution in [0.3, 0.4) is 0 Å². The van der Waals surface area contributed by atoms with Gasteiger partial charge in [-0.3, -0.25) is 14.5 Å². The molecule has 7 aliphatic rings. The van der Waals surface area contributed by atoms with Crippen molar-refractivity contribution in [1.82, 2.24) is 15.5 Å². The molecule has 3 saturated heterocycles. The zero-order valence-corrected chi connectivity index (χ0v) is 28.6. The van der Waals surface area contributed by atoms with E-state index in [0.29, 0.717) is 47.2 Å². The van der Waals surface area contributed by atoms with Crippen LogP contribution in [0, 0.1) is 52.3 Å². The highest BCUT2D eigenvalue weighted by molar-refractivity contribution is 5.96. The molecule has 7 fully saturated rings. The van der Waals surface area contributed by atoms with Crippen LogP contribution in [-0.2, 0) is 23.8 Å². The summed E-state index contributed by atoms with van der Waals surface area (Å²) in [4.78, 5) is 27.7. The Labute approximate surface area is 271 Å². The zero-order chi connectivity index (χ0) is 31.4. The SMILES string of the molecule is C[C@H]1CC[C@@]2(OC1)O[C@H]1C[C@H]3[C@@H]4CC[C@@H]5C[C@H](NC(=O)CC(=O)NCCCN6CCOCC6)CC[C@]5(C)[C@H]4CC[C@]3(C)[C@H]1[C@@H]2C. The molecule has 2 N–H and O–H groups in total. The molecule has 4 saturated carbocycles. The largest absolute Gasteiger partial charge is 0.379 e. The maximum absolute atomic E-state index is 12.9. The molecule has 0 aromatic rings. The van der Waals surface area contributed by atoms with Gasteiger partial charge in [0.05, 0.1) is 25.9 Å². The molecule has 3 aliphatic heterocycles. The number of nitrogens with zero attached hydrogens (tertiary/aromatic N) is 1. The van der Waals surface area contributed by atoms with E-state index in [2.05, 4.69) is 43.2 Å². The molecular weight excluding hydrogens is 566 g/mol. The summed E-state index contributed by atoms with van der Waals surface area (Å²) in [5.74, 6) is 4.14. The number of carbonyl (C=O) groups excluding carboxylic acids is 2. The van der Waals surface area contributed by atoms with Crippen LogP contribution >= 0.6 is 0 Å². The molecule has 12 atom stereocenters. The van der Waals surface area contributed by atoms with Crippen LogP contribution in [0.5, 0.6) is 0 Å². The number of rotatable bonds is 7. The number of amides is 2. The van der Waals surface area contributed by atoms with E-state index in [1.54, 1.807) is 0 Å². The van der Waals surface area contributed by atoms with Crippen molar-refractivity contribution in [2.75, 3.05) is 46.0 Å². The second-order valence-electron chi connectivity index (χ2n) is 17.0. The summed E-state index contributed by atoms with van der Waals surface area (Å²) in [6.07, 6.45) is 13.3. The van der Waals surface area contributed by atoms with Gasteiger partial charge in [-0.15, -0.1) is 0 Å². The van der Waals surface area contributed by atoms with Gasteiger partial charge in [-0.2, -0.15) is 0 Å². The fourth-order valence-electron chi connectivity index (χ4n) is 12.2. The Morgan fingerprint density at radius 1 is 0.889 bits per heavy atom. The summed E-state index contributed by atoms with van der Waals surface area (Å²) in [5, 5.41) is 6.23. The van der Waals surface area contributed by atoms with Crippen LogP contribution in [0.15, 0.2) is 0 Å². The first-order chi connectivity index (χ1) is 21.6. The maximum Gasteiger partial charge on any atom is 0.229 e. The van der Waals surface area contributed by atoms with Crippen LogP contribution in [0.4, 0.5) is 0 Å². The van der Waals surface area contributed by atoms with Crippen molar-refractivity contribution < 1.29 is 23.8 Å². The molecule has 0 bridgehead atoms. The molecule has 8 nitrogen and oxygen atoms in total. The molecule has 45 heavy (non-hydrogen) atoms. The highest BCUT2D eigenvalue weighted by Gasteiger charge is 2.69. The smallest absolute Gasteiger partial charge is 0.229 e. The summed E-state index contributed by atoms with van der Waals surface area (Å²) in [7, 11) is 0. The van der Waals surface area contributed by atoms with Crippen molar-refractivity contribution in [2.45, 2.75) is 123 Å². The van der Waals surface area contributed by atoms with E-state index < -0.39 is 0 Å². The van der Waals surface area contributed by atoms with Gasteiger partial charge in [-0.1, -0.05) is 27.7 Å². The number of hydrogen-bond acceptors (Lipinski definition) is 6. The summed E-state index contributed by atoms with van der Waals surface area (Å²) in [5.41, 5.74) is 0.718. The van der Waals surface area contributed by atoms with Crippen LogP contribution < -0.4 is 10.6 Å². The molecule has 8 heteroatoms. The van der Waals surface area contributed by atoms with Gasteiger partial charge in [0.25, 0.3) is 0 Å². The molecule has 7 rings (SSSR count). The monoisotopic (exact) mass is 627 g/mol. The maximum atomic E-state index is 12.9. The minimum absolute atomic E-state index is 0.0604. The van der Waals surface area contributed by atoms with Crippen LogP contribution in [0.2, 0.25) is 0 Å². The van der Waals surface area contributed by atoms with E-state index >= 15 is 0 Å². The van der Waals surface area contributed by atoms with Crippen molar-refractivity contribution in [1.29, 1.82) is 0 Å². The molecular formula is C37H61N3O5. The Balaban J connectivity index is 0.898. The second kappa shape index (κ2) is 12.7. The van der Waals surface area contributed by atoms with Crippen molar-refractivity contribution in [3.05, 3.63) is 0 Å². The topological polar surface area (TPSA) is 89.1 Å². The molecule has 254 valence electrons. The minimum Gasteiger partial charge on any atom is -0.379 e. The Morgan fingerprint density at radius 2 is 1.69 bits per heavy atom. The van der Waals surface area contributed by atoms with Gasteiger partial charge in [-0.05, 0) is 117 Å². The van der Waals surface area contributed by atoms with E-state index in [9.17, 15) is 9.59 Å². The first-order valence-corrected chi connectivity index (χ1v) is 18.8. The minimum atomic E-state index is -0.331. The molecule has 0 aromatic carbocycles. The third-order valence-electron chi connectivity index (χ3n) is 14.7. The van der Waals surface area contributed by atoms with Crippen LogP contribution in [0.1, 0.15) is 105 Å². The molecule has 0 radical (unpaired) electrons. The lowest BCUT2D eigenvalue weighted by atomic mass is 9.44. The molecule has 4 aliphatic carbocycles. The van der Waals surface area contributed by atoms with E-state index in [1.165, 1.54) is 44.9 Å². The Bertz CT molecular complexity index is 1090. The third kappa shape index (κ3) is 5.90. The number of fused-ring (bicyclic) bond motifs is 7. The second-order valence-corrected chi connectivity index (χ2v) is 17.0. The number of hydrogen-bond donors (Lipinski definition) is 2. The van der Waals surface area contributed by atoms with E-state index in [0.717, 1.165) is 82.9 Å². The van der Waals surface area contributed by atoms with Gasteiger partial charge in [0.1, 0.15) is 6.42 Å². The van der Waals surface area contributed by atoms with E-state index in [1.807, 2.05) is 0 Å². The van der Waals surface area contributed by atoms with Gasteiger partial charge in [0, 0.05) is 38.0 Å². The summed E-state index contributed by atoms with van der Waals surface area (Å²) in [6, 6.07) is 0.199. The van der Waals surface area contributed by atoms with E-state index in [-0.39, 0.29) is 30.1 Å². The normalized spacial score (nSPS) is 47.8. The van der Waals surface area contributed by atoms with Gasteiger partial charge < -0.3 is 24.8 Å². The van der Waals surface area contributed by atoms with Crippen molar-refractivity contribution in [3.8, 4) is 0 Å². The first kappa shape index (κ1) is 32.3. The van der Waals surface area contributed by atoms with Crippen LogP contribution in [-0.4, -0.2) is 80.6 Å².